The molecule has 6 nitrogen and oxygen atoms in total. The molecule has 1 aliphatic carbocycles. The maximum atomic E-state index is 13.7. The molecule has 2 aromatic rings. The third kappa shape index (κ3) is 5.49. The molecule has 2 fully saturated rings. The van der Waals surface area contributed by atoms with Crippen molar-refractivity contribution in [3.05, 3.63) is 40.5 Å². The molecule has 32 heavy (non-hydrogen) atoms. The molecular formula is C25H33N3O3S. The van der Waals surface area contributed by atoms with Crippen molar-refractivity contribution >= 4 is 23.3 Å². The van der Waals surface area contributed by atoms with Crippen LogP contribution in [0.5, 0.6) is 0 Å². The van der Waals surface area contributed by atoms with Gasteiger partial charge in [0.1, 0.15) is 11.3 Å². The number of thiazole rings is 1. The molecular weight excluding hydrogens is 422 g/mol. The molecule has 1 saturated heterocycles. The summed E-state index contributed by atoms with van der Waals surface area (Å²) in [5, 5.41) is 3.93. The number of nitrogens with one attached hydrogen (secondary N) is 1. The minimum atomic E-state index is -0.547. The maximum absolute atomic E-state index is 13.7. The van der Waals surface area contributed by atoms with Gasteiger partial charge >= 0.3 is 6.09 Å². The lowest BCUT2D eigenvalue weighted by molar-refractivity contribution is 0.0461. The van der Waals surface area contributed by atoms with Gasteiger partial charge in [0.2, 0.25) is 0 Å². The van der Waals surface area contributed by atoms with E-state index in [-0.39, 0.29) is 11.9 Å². The van der Waals surface area contributed by atoms with Gasteiger partial charge in [-0.1, -0.05) is 29.8 Å². The first-order valence-corrected chi connectivity index (χ1v) is 12.4. The average Bonchev–Trinajstić information content (AvgIpc) is 3.49. The number of hydrogen-bond acceptors (Lipinski definition) is 5. The van der Waals surface area contributed by atoms with Crippen molar-refractivity contribution in [2.45, 2.75) is 77.4 Å². The summed E-state index contributed by atoms with van der Waals surface area (Å²) in [4.78, 5) is 33.6. The Labute approximate surface area is 194 Å². The first kappa shape index (κ1) is 22.8. The van der Waals surface area contributed by atoms with Crippen molar-refractivity contribution in [1.29, 1.82) is 0 Å². The van der Waals surface area contributed by atoms with Crippen LogP contribution in [0.4, 0.5) is 4.79 Å². The topological polar surface area (TPSA) is 71.5 Å². The molecule has 0 bridgehead atoms. The van der Waals surface area contributed by atoms with Crippen LogP contribution in [0.2, 0.25) is 0 Å². The number of likely N-dealkylation sites (tertiary alicyclic amines) is 1. The van der Waals surface area contributed by atoms with Crippen molar-refractivity contribution in [1.82, 2.24) is 15.2 Å². The van der Waals surface area contributed by atoms with Crippen LogP contribution in [0.1, 0.15) is 79.9 Å². The van der Waals surface area contributed by atoms with Gasteiger partial charge in [-0.25, -0.2) is 9.78 Å². The largest absolute Gasteiger partial charge is 0.444 e. The first-order valence-electron chi connectivity index (χ1n) is 11.6. The first-order chi connectivity index (χ1) is 15.2. The van der Waals surface area contributed by atoms with Crippen LogP contribution in [0.3, 0.4) is 0 Å². The molecule has 1 aromatic heterocycles. The van der Waals surface area contributed by atoms with E-state index in [9.17, 15) is 9.59 Å². The Kier molecular flexibility index (Phi) is 6.56. The fourth-order valence-corrected chi connectivity index (χ4v) is 5.32. The Morgan fingerprint density at radius 3 is 2.69 bits per heavy atom. The zero-order chi connectivity index (χ0) is 22.9. The molecule has 172 valence electrons. The Morgan fingerprint density at radius 1 is 1.22 bits per heavy atom. The summed E-state index contributed by atoms with van der Waals surface area (Å²) in [6, 6.07) is 8.23. The molecule has 4 rings (SSSR count). The lowest BCUT2D eigenvalue weighted by Gasteiger charge is -2.35. The second kappa shape index (κ2) is 9.22. The minimum absolute atomic E-state index is 0.0275. The van der Waals surface area contributed by atoms with Crippen LogP contribution in [0, 0.1) is 6.92 Å². The fraction of sp³-hybridized carbons (Fsp3) is 0.560. The lowest BCUT2D eigenvalue weighted by Crippen LogP contribution is -2.50. The maximum Gasteiger partial charge on any atom is 0.407 e. The van der Waals surface area contributed by atoms with Crippen LogP contribution in [-0.2, 0) is 4.74 Å². The van der Waals surface area contributed by atoms with E-state index in [0.717, 1.165) is 47.6 Å². The number of rotatable bonds is 5. The normalized spacial score (nSPS) is 19.0. The van der Waals surface area contributed by atoms with Gasteiger partial charge in [-0.3, -0.25) is 4.79 Å². The van der Waals surface area contributed by atoms with Crippen molar-refractivity contribution in [2.75, 3.05) is 13.1 Å². The summed E-state index contributed by atoms with van der Waals surface area (Å²) >= 11 is 1.66. The second-order valence-corrected chi connectivity index (χ2v) is 10.9. The summed E-state index contributed by atoms with van der Waals surface area (Å²) in [5.41, 5.74) is 2.24. The van der Waals surface area contributed by atoms with Gasteiger partial charge in [-0.2, -0.15) is 0 Å². The molecule has 2 heterocycles. The van der Waals surface area contributed by atoms with Crippen LogP contribution >= 0.6 is 11.3 Å². The third-order valence-corrected chi connectivity index (χ3v) is 7.09. The van der Waals surface area contributed by atoms with E-state index in [1.807, 2.05) is 31.7 Å². The SMILES string of the molecule is Cc1cccc(-c2sc(C3CC3)nc2C(=O)N2CCCC[C@H]2CNC(=O)OC(C)(C)C)c1. The number of benzene rings is 1. The molecule has 1 aromatic carbocycles. The molecule has 0 spiro atoms. The highest BCUT2D eigenvalue weighted by Gasteiger charge is 2.34. The molecule has 2 aliphatic rings. The number of aromatic nitrogens is 1. The van der Waals surface area contributed by atoms with Crippen LogP contribution in [0.25, 0.3) is 10.4 Å². The third-order valence-electron chi connectivity index (χ3n) is 5.82. The smallest absolute Gasteiger partial charge is 0.407 e. The number of alkyl carbamates (subject to hydrolysis) is 1. The van der Waals surface area contributed by atoms with Gasteiger partial charge in [0.25, 0.3) is 5.91 Å². The van der Waals surface area contributed by atoms with Crippen molar-refractivity contribution in [2.24, 2.45) is 0 Å². The Balaban J connectivity index is 1.56. The van der Waals surface area contributed by atoms with E-state index in [0.29, 0.717) is 24.7 Å². The number of ether oxygens (including phenoxy) is 1. The molecule has 1 N–H and O–H groups in total. The Bertz CT molecular complexity index is 991. The highest BCUT2D eigenvalue weighted by atomic mass is 32.1. The lowest BCUT2D eigenvalue weighted by atomic mass is 10.0. The molecule has 1 atom stereocenters. The van der Waals surface area contributed by atoms with Gasteiger partial charge < -0.3 is 15.0 Å². The van der Waals surface area contributed by atoms with Gasteiger partial charge in [-0.05, 0) is 65.4 Å². The Morgan fingerprint density at radius 2 is 2.00 bits per heavy atom. The summed E-state index contributed by atoms with van der Waals surface area (Å²) in [6.45, 7) is 8.67. The van der Waals surface area contributed by atoms with E-state index in [2.05, 4.69) is 30.4 Å². The van der Waals surface area contributed by atoms with Crippen molar-refractivity contribution in [3.63, 3.8) is 0 Å². The summed E-state index contributed by atoms with van der Waals surface area (Å²) in [7, 11) is 0. The fourth-order valence-electron chi connectivity index (χ4n) is 4.10. The van der Waals surface area contributed by atoms with E-state index in [1.54, 1.807) is 11.3 Å². The molecule has 1 saturated carbocycles. The zero-order valence-electron chi connectivity index (χ0n) is 19.4. The highest BCUT2D eigenvalue weighted by molar-refractivity contribution is 7.15. The number of aryl methyl sites for hydroxylation is 1. The van der Waals surface area contributed by atoms with Gasteiger partial charge in [-0.15, -0.1) is 11.3 Å². The van der Waals surface area contributed by atoms with E-state index in [1.165, 1.54) is 5.56 Å². The minimum Gasteiger partial charge on any atom is -0.444 e. The second-order valence-electron chi connectivity index (χ2n) is 9.90. The number of amides is 2. The standard InChI is InChI=1S/C25H33N3O3S/c1-16-8-7-9-18(14-16)21-20(27-22(32-21)17-11-12-17)23(29)28-13-6-5-10-19(28)15-26-24(30)31-25(2,3)4/h7-9,14,17,19H,5-6,10-13,15H2,1-4H3,(H,26,30)/t19-/m0/s1. The van der Waals surface area contributed by atoms with Gasteiger partial charge in [0.15, 0.2) is 0 Å². The molecule has 0 unspecified atom stereocenters. The number of hydrogen-bond donors (Lipinski definition) is 1. The molecule has 2 amide bonds. The number of piperidine rings is 1. The van der Waals surface area contributed by atoms with Gasteiger partial charge in [0, 0.05) is 25.0 Å². The Hall–Kier alpha value is -2.41. The van der Waals surface area contributed by atoms with E-state index in [4.69, 9.17) is 9.72 Å². The predicted octanol–water partition coefficient (Wildman–Crippen LogP) is 5.52. The van der Waals surface area contributed by atoms with Crippen LogP contribution < -0.4 is 5.32 Å². The van der Waals surface area contributed by atoms with Crippen molar-refractivity contribution in [3.8, 4) is 10.4 Å². The van der Waals surface area contributed by atoms with Crippen LogP contribution in [-0.4, -0.2) is 46.6 Å². The monoisotopic (exact) mass is 455 g/mol. The predicted molar refractivity (Wildman–Crippen MR) is 127 cm³/mol. The van der Waals surface area contributed by atoms with Gasteiger partial charge in [0.05, 0.1) is 9.88 Å². The van der Waals surface area contributed by atoms with Crippen molar-refractivity contribution < 1.29 is 14.3 Å². The van der Waals surface area contributed by atoms with E-state index >= 15 is 0 Å². The van der Waals surface area contributed by atoms with E-state index < -0.39 is 11.7 Å². The molecule has 1 aliphatic heterocycles. The summed E-state index contributed by atoms with van der Waals surface area (Å²) in [6.07, 6.45) is 4.73. The zero-order valence-corrected chi connectivity index (χ0v) is 20.3. The highest BCUT2D eigenvalue weighted by Crippen LogP contribution is 2.45. The molecule has 0 radical (unpaired) electrons. The quantitative estimate of drug-likeness (QED) is 0.645. The number of carbonyl (C=O) groups excluding carboxylic acids is 2. The number of nitrogens with zero attached hydrogens (tertiary/aromatic N) is 2. The molecule has 7 heteroatoms. The summed E-state index contributed by atoms with van der Waals surface area (Å²) in [5.74, 6) is 0.469. The average molecular weight is 456 g/mol. The van der Waals surface area contributed by atoms with Crippen LogP contribution in [0.15, 0.2) is 24.3 Å². The summed E-state index contributed by atoms with van der Waals surface area (Å²) < 4.78 is 5.37. The number of carbonyl (C=O) groups is 2.